The van der Waals surface area contributed by atoms with E-state index in [2.05, 4.69) is 40.2 Å². The van der Waals surface area contributed by atoms with Crippen molar-refractivity contribution in [2.45, 2.75) is 22.2 Å². The lowest BCUT2D eigenvalue weighted by Gasteiger charge is -2.11. The van der Waals surface area contributed by atoms with Crippen molar-refractivity contribution in [2.75, 3.05) is 10.0 Å². The van der Waals surface area contributed by atoms with E-state index >= 15 is 0 Å². The van der Waals surface area contributed by atoms with Crippen LogP contribution in [-0.2, 0) is 14.8 Å². The molecule has 1 unspecified atom stereocenters. The number of hydrogen-bond donors (Lipinski definition) is 3. The van der Waals surface area contributed by atoms with Crippen molar-refractivity contribution in [1.82, 2.24) is 30.1 Å². The van der Waals surface area contributed by atoms with Crippen molar-refractivity contribution in [3.05, 3.63) is 67.0 Å². The molecule has 0 bridgehead atoms. The number of sulfonamides is 1. The lowest BCUT2D eigenvalue weighted by molar-refractivity contribution is -0.115. The molecule has 3 heterocycles. The number of carbonyl (C=O) groups excluding carboxylic acids is 1. The zero-order chi connectivity index (χ0) is 24.4. The number of para-hydroxylation sites is 1. The zero-order valence-corrected chi connectivity index (χ0v) is 19.8. The number of H-pyrrole nitrogens is 1. The van der Waals surface area contributed by atoms with Gasteiger partial charge in [0.05, 0.1) is 10.1 Å². The fourth-order valence-electron chi connectivity index (χ4n) is 3.26. The number of nitrogens with zero attached hydrogens (tertiary/aromatic N) is 5. The number of anilines is 2. The standard InChI is InChI=1S/C22H18N8O3S2/c1-13(34-22-27-19-18(28-29-22)16-5-2-3-6-17(16)26-19)20(31)25-14-7-9-15(10-8-14)35(32,33)30-21-23-11-4-12-24-21/h2-13H,1H3,(H,25,31)(H,23,24,30)(H,26,27,29). The minimum atomic E-state index is -3.86. The van der Waals surface area contributed by atoms with Gasteiger partial charge in [0.1, 0.15) is 5.52 Å². The van der Waals surface area contributed by atoms with E-state index in [4.69, 9.17) is 0 Å². The Morgan fingerprint density at radius 3 is 2.51 bits per heavy atom. The van der Waals surface area contributed by atoms with E-state index in [1.165, 1.54) is 48.4 Å². The van der Waals surface area contributed by atoms with Crippen LogP contribution < -0.4 is 10.0 Å². The first-order valence-corrected chi connectivity index (χ1v) is 12.7. The number of hydrogen-bond acceptors (Lipinski definition) is 9. The summed E-state index contributed by atoms with van der Waals surface area (Å²) in [7, 11) is -3.86. The third kappa shape index (κ3) is 4.90. The van der Waals surface area contributed by atoms with Gasteiger partial charge >= 0.3 is 0 Å². The SMILES string of the molecule is CC(Sc1nnc2c(n1)[nH]c1ccccc12)C(=O)Nc1ccc(S(=O)(=O)Nc2ncccn2)cc1. The summed E-state index contributed by atoms with van der Waals surface area (Å²) in [6.07, 6.45) is 2.87. The van der Waals surface area contributed by atoms with Crippen LogP contribution >= 0.6 is 11.8 Å². The molecule has 13 heteroatoms. The predicted molar refractivity (Wildman–Crippen MR) is 132 cm³/mol. The zero-order valence-electron chi connectivity index (χ0n) is 18.2. The molecule has 5 aromatic rings. The Morgan fingerprint density at radius 2 is 1.74 bits per heavy atom. The summed E-state index contributed by atoms with van der Waals surface area (Å²) in [4.78, 5) is 28.1. The maximum atomic E-state index is 12.7. The smallest absolute Gasteiger partial charge is 0.264 e. The van der Waals surface area contributed by atoms with Gasteiger partial charge in [0.15, 0.2) is 5.65 Å². The first kappa shape index (κ1) is 22.7. The summed E-state index contributed by atoms with van der Waals surface area (Å²) in [5, 5.41) is 11.9. The number of aromatic nitrogens is 6. The van der Waals surface area contributed by atoms with E-state index in [1.54, 1.807) is 13.0 Å². The van der Waals surface area contributed by atoms with Crippen LogP contribution in [0.5, 0.6) is 0 Å². The van der Waals surface area contributed by atoms with Crippen LogP contribution in [0.3, 0.4) is 0 Å². The summed E-state index contributed by atoms with van der Waals surface area (Å²) in [5.41, 5.74) is 2.63. The third-order valence-corrected chi connectivity index (χ3v) is 7.27. The van der Waals surface area contributed by atoms with Gasteiger partial charge in [-0.1, -0.05) is 30.0 Å². The topological polar surface area (TPSA) is 156 Å². The molecule has 1 atom stereocenters. The average Bonchev–Trinajstić information content (AvgIpc) is 3.22. The molecule has 0 spiro atoms. The van der Waals surface area contributed by atoms with Gasteiger partial charge in [0.25, 0.3) is 10.0 Å². The highest BCUT2D eigenvalue weighted by Gasteiger charge is 2.19. The van der Waals surface area contributed by atoms with Crippen molar-refractivity contribution in [2.24, 2.45) is 0 Å². The highest BCUT2D eigenvalue weighted by atomic mass is 32.2. The minimum Gasteiger partial charge on any atom is -0.338 e. The molecule has 0 fully saturated rings. The number of amides is 1. The Labute approximate surface area is 203 Å². The van der Waals surface area contributed by atoms with Crippen LogP contribution in [0, 0.1) is 0 Å². The number of nitrogens with one attached hydrogen (secondary N) is 3. The van der Waals surface area contributed by atoms with Crippen molar-refractivity contribution in [1.29, 1.82) is 0 Å². The first-order valence-electron chi connectivity index (χ1n) is 10.4. The average molecular weight is 507 g/mol. The molecule has 2 aromatic carbocycles. The molecule has 0 radical (unpaired) electrons. The molecule has 3 aromatic heterocycles. The lowest BCUT2D eigenvalue weighted by Crippen LogP contribution is -2.22. The Kier molecular flexibility index (Phi) is 6.01. The maximum absolute atomic E-state index is 12.7. The number of fused-ring (bicyclic) bond motifs is 3. The second-order valence-corrected chi connectivity index (χ2v) is 10.4. The van der Waals surface area contributed by atoms with Crippen LogP contribution in [0.1, 0.15) is 6.92 Å². The molecule has 0 aliphatic heterocycles. The van der Waals surface area contributed by atoms with E-state index in [1.807, 2.05) is 24.3 Å². The predicted octanol–water partition coefficient (Wildman–Crippen LogP) is 3.22. The Morgan fingerprint density at radius 1 is 1.00 bits per heavy atom. The molecule has 0 saturated heterocycles. The summed E-state index contributed by atoms with van der Waals surface area (Å²) in [5.74, 6) is -0.320. The van der Waals surface area contributed by atoms with Gasteiger partial charge in [0.2, 0.25) is 17.0 Å². The molecule has 3 N–H and O–H groups in total. The first-order chi connectivity index (χ1) is 16.9. The van der Waals surface area contributed by atoms with E-state index in [-0.39, 0.29) is 16.8 Å². The lowest BCUT2D eigenvalue weighted by atomic mass is 10.2. The monoisotopic (exact) mass is 506 g/mol. The minimum absolute atomic E-state index is 0.0106. The fourth-order valence-corrected chi connectivity index (χ4v) is 4.93. The van der Waals surface area contributed by atoms with Gasteiger partial charge in [-0.15, -0.1) is 10.2 Å². The number of rotatable bonds is 7. The van der Waals surface area contributed by atoms with Crippen molar-refractivity contribution >= 4 is 61.4 Å². The van der Waals surface area contributed by atoms with Gasteiger partial charge < -0.3 is 10.3 Å². The summed E-state index contributed by atoms with van der Waals surface area (Å²) >= 11 is 1.17. The fraction of sp³-hybridized carbons (Fsp3) is 0.0909. The van der Waals surface area contributed by atoms with Gasteiger partial charge in [-0.3, -0.25) is 4.79 Å². The van der Waals surface area contributed by atoms with E-state index in [9.17, 15) is 13.2 Å². The summed E-state index contributed by atoms with van der Waals surface area (Å²) in [6.45, 7) is 1.72. The molecule has 0 aliphatic carbocycles. The molecule has 0 aliphatic rings. The number of thioether (sulfide) groups is 1. The second kappa shape index (κ2) is 9.27. The van der Waals surface area contributed by atoms with Gasteiger partial charge in [-0.05, 0) is 43.3 Å². The van der Waals surface area contributed by atoms with Crippen LogP contribution in [0.4, 0.5) is 11.6 Å². The normalized spacial score (nSPS) is 12.5. The van der Waals surface area contributed by atoms with Crippen molar-refractivity contribution in [3.63, 3.8) is 0 Å². The van der Waals surface area contributed by atoms with E-state index < -0.39 is 15.3 Å². The van der Waals surface area contributed by atoms with Gasteiger partial charge in [-0.2, -0.15) is 0 Å². The highest BCUT2D eigenvalue weighted by molar-refractivity contribution is 8.00. The second-order valence-electron chi connectivity index (χ2n) is 7.41. The Balaban J connectivity index is 1.24. The highest BCUT2D eigenvalue weighted by Crippen LogP contribution is 2.25. The Bertz CT molecular complexity index is 1620. The quantitative estimate of drug-likeness (QED) is 0.282. The third-order valence-electron chi connectivity index (χ3n) is 4.98. The summed E-state index contributed by atoms with van der Waals surface area (Å²) < 4.78 is 27.3. The number of aromatic amines is 1. The van der Waals surface area contributed by atoms with Crippen LogP contribution in [0.15, 0.2) is 77.0 Å². The molecular weight excluding hydrogens is 488 g/mol. The van der Waals surface area contributed by atoms with Gasteiger partial charge in [-0.25, -0.2) is 28.1 Å². The number of carbonyl (C=O) groups is 1. The molecule has 5 rings (SSSR count). The van der Waals surface area contributed by atoms with Crippen molar-refractivity contribution in [3.8, 4) is 0 Å². The van der Waals surface area contributed by atoms with Crippen molar-refractivity contribution < 1.29 is 13.2 Å². The molecule has 0 saturated carbocycles. The largest absolute Gasteiger partial charge is 0.338 e. The molecule has 1 amide bonds. The molecule has 176 valence electrons. The van der Waals surface area contributed by atoms with Gasteiger partial charge in [0, 0.05) is 29.0 Å². The summed E-state index contributed by atoms with van der Waals surface area (Å²) in [6, 6.07) is 15.1. The van der Waals surface area contributed by atoms with Crippen LogP contribution in [-0.4, -0.2) is 49.7 Å². The Hall–Kier alpha value is -4.10. The van der Waals surface area contributed by atoms with Crippen LogP contribution in [0.25, 0.3) is 22.1 Å². The molecule has 35 heavy (non-hydrogen) atoms. The molecular formula is C22H18N8O3S2. The van der Waals surface area contributed by atoms with E-state index in [0.29, 0.717) is 22.0 Å². The van der Waals surface area contributed by atoms with Crippen LogP contribution in [0.2, 0.25) is 0 Å². The number of benzene rings is 2. The maximum Gasteiger partial charge on any atom is 0.264 e. The molecule has 11 nitrogen and oxygen atoms in total. The van der Waals surface area contributed by atoms with E-state index in [0.717, 1.165) is 10.9 Å².